The highest BCUT2D eigenvalue weighted by molar-refractivity contribution is 7.99. The minimum atomic E-state index is -0.160. The molecule has 0 spiro atoms. The molecule has 1 saturated carbocycles. The second kappa shape index (κ2) is 7.60. The molecule has 3 aromatic rings. The maximum Gasteiger partial charge on any atom is 0.259 e. The van der Waals surface area contributed by atoms with Crippen LogP contribution in [-0.2, 0) is 4.79 Å². The van der Waals surface area contributed by atoms with E-state index in [1.54, 1.807) is 30.5 Å². The summed E-state index contributed by atoms with van der Waals surface area (Å²) in [5.74, 6) is 1.73. The van der Waals surface area contributed by atoms with Crippen molar-refractivity contribution in [3.05, 3.63) is 54.0 Å². The van der Waals surface area contributed by atoms with Crippen molar-refractivity contribution in [2.24, 2.45) is 0 Å². The molecule has 0 unspecified atom stereocenters. The SMILES string of the molecule is N#Cc1cccc(NC(=O)CSc2ccc(-c3nc(C4CC4)no3)cn2)c1. The predicted molar refractivity (Wildman–Crippen MR) is 100 cm³/mol. The molecular weight excluding hydrogens is 362 g/mol. The lowest BCUT2D eigenvalue weighted by atomic mass is 10.2. The number of nitriles is 1. The van der Waals surface area contributed by atoms with Gasteiger partial charge in [0.2, 0.25) is 5.91 Å². The smallest absolute Gasteiger partial charge is 0.259 e. The van der Waals surface area contributed by atoms with Crippen LogP contribution in [0.3, 0.4) is 0 Å². The second-order valence-electron chi connectivity index (χ2n) is 6.15. The lowest BCUT2D eigenvalue weighted by Crippen LogP contribution is -2.14. The fourth-order valence-electron chi connectivity index (χ4n) is 2.45. The van der Waals surface area contributed by atoms with Crippen LogP contribution < -0.4 is 5.32 Å². The van der Waals surface area contributed by atoms with Gasteiger partial charge in [-0.15, -0.1) is 0 Å². The van der Waals surface area contributed by atoms with Crippen LogP contribution in [0.2, 0.25) is 0 Å². The van der Waals surface area contributed by atoms with E-state index in [0.717, 1.165) is 29.3 Å². The first-order chi connectivity index (χ1) is 13.2. The van der Waals surface area contributed by atoms with Gasteiger partial charge in [-0.25, -0.2) is 4.98 Å². The molecule has 4 rings (SSSR count). The van der Waals surface area contributed by atoms with E-state index in [1.807, 2.05) is 18.2 Å². The Kier molecular flexibility index (Phi) is 4.85. The number of hydrogen-bond acceptors (Lipinski definition) is 7. The molecule has 0 saturated heterocycles. The first-order valence-corrected chi connectivity index (χ1v) is 9.42. The summed E-state index contributed by atoms with van der Waals surface area (Å²) in [6.45, 7) is 0. The van der Waals surface area contributed by atoms with Gasteiger partial charge in [-0.3, -0.25) is 4.79 Å². The van der Waals surface area contributed by atoms with E-state index in [4.69, 9.17) is 9.78 Å². The summed E-state index contributed by atoms with van der Waals surface area (Å²) >= 11 is 1.33. The van der Waals surface area contributed by atoms with Crippen molar-refractivity contribution in [3.63, 3.8) is 0 Å². The Morgan fingerprint density at radius 3 is 2.96 bits per heavy atom. The number of benzene rings is 1. The van der Waals surface area contributed by atoms with E-state index in [2.05, 4.69) is 20.4 Å². The molecule has 1 aliphatic carbocycles. The number of pyridine rings is 1. The summed E-state index contributed by atoms with van der Waals surface area (Å²) in [4.78, 5) is 20.8. The maximum absolute atomic E-state index is 12.1. The van der Waals surface area contributed by atoms with E-state index in [1.165, 1.54) is 11.8 Å². The summed E-state index contributed by atoms with van der Waals surface area (Å²) in [6.07, 6.45) is 3.91. The van der Waals surface area contributed by atoms with Gasteiger partial charge in [0.05, 0.1) is 28.0 Å². The third-order valence-electron chi connectivity index (χ3n) is 3.99. The second-order valence-corrected chi connectivity index (χ2v) is 7.14. The molecule has 0 aliphatic heterocycles. The average Bonchev–Trinajstić information content (AvgIpc) is 3.44. The van der Waals surface area contributed by atoms with Gasteiger partial charge >= 0.3 is 0 Å². The first-order valence-electron chi connectivity index (χ1n) is 8.44. The number of nitrogens with one attached hydrogen (secondary N) is 1. The molecule has 2 heterocycles. The zero-order chi connectivity index (χ0) is 18.6. The van der Waals surface area contributed by atoms with E-state index in [9.17, 15) is 4.79 Å². The Morgan fingerprint density at radius 1 is 1.33 bits per heavy atom. The average molecular weight is 377 g/mol. The van der Waals surface area contributed by atoms with E-state index in [0.29, 0.717) is 23.1 Å². The predicted octanol–water partition coefficient (Wildman–Crippen LogP) is 3.61. The number of carbonyl (C=O) groups is 1. The Morgan fingerprint density at radius 2 is 2.22 bits per heavy atom. The quantitative estimate of drug-likeness (QED) is 0.654. The van der Waals surface area contributed by atoms with E-state index in [-0.39, 0.29) is 11.7 Å². The van der Waals surface area contributed by atoms with Crippen LogP contribution in [0.15, 0.2) is 52.1 Å². The summed E-state index contributed by atoms with van der Waals surface area (Å²) in [5.41, 5.74) is 1.87. The maximum atomic E-state index is 12.1. The number of hydrogen-bond donors (Lipinski definition) is 1. The summed E-state index contributed by atoms with van der Waals surface area (Å²) in [5, 5.41) is 16.4. The third kappa shape index (κ3) is 4.33. The van der Waals surface area contributed by atoms with Gasteiger partial charge < -0.3 is 9.84 Å². The van der Waals surface area contributed by atoms with Gasteiger partial charge in [-0.1, -0.05) is 23.0 Å². The molecule has 8 heteroatoms. The van der Waals surface area contributed by atoms with Crippen molar-refractivity contribution >= 4 is 23.4 Å². The molecule has 1 amide bonds. The molecule has 1 fully saturated rings. The first kappa shape index (κ1) is 17.2. The number of amides is 1. The zero-order valence-corrected chi connectivity index (χ0v) is 15.1. The van der Waals surface area contributed by atoms with Crippen molar-refractivity contribution in [2.75, 3.05) is 11.1 Å². The number of carbonyl (C=O) groups excluding carboxylic acids is 1. The van der Waals surface area contributed by atoms with Crippen molar-refractivity contribution in [1.82, 2.24) is 15.1 Å². The molecule has 1 aromatic carbocycles. The normalized spacial score (nSPS) is 13.1. The van der Waals surface area contributed by atoms with Gasteiger partial charge in [0.15, 0.2) is 5.82 Å². The lowest BCUT2D eigenvalue weighted by molar-refractivity contribution is -0.113. The van der Waals surface area contributed by atoms with Crippen LogP contribution in [-0.4, -0.2) is 26.8 Å². The number of rotatable bonds is 6. The Hall–Kier alpha value is -3.18. The van der Waals surface area contributed by atoms with Crippen molar-refractivity contribution in [2.45, 2.75) is 23.8 Å². The van der Waals surface area contributed by atoms with Crippen molar-refractivity contribution in [1.29, 1.82) is 5.26 Å². The fraction of sp³-hybridized carbons (Fsp3) is 0.211. The fourth-order valence-corrected chi connectivity index (χ4v) is 3.10. The number of aromatic nitrogens is 3. The Balaban J connectivity index is 1.32. The Labute approximate surface area is 159 Å². The number of thioether (sulfide) groups is 1. The minimum absolute atomic E-state index is 0.160. The standard InChI is InChI=1S/C19H15N5O2S/c20-9-12-2-1-3-15(8-12)22-16(25)11-27-17-7-6-14(10-21-17)19-23-18(24-26-19)13-4-5-13/h1-3,6-8,10,13H,4-5,11H2,(H,22,25). The molecule has 1 aliphatic rings. The molecule has 0 atom stereocenters. The van der Waals surface area contributed by atoms with Crippen LogP contribution in [0.4, 0.5) is 5.69 Å². The molecule has 7 nitrogen and oxygen atoms in total. The van der Waals surface area contributed by atoms with Crippen LogP contribution >= 0.6 is 11.8 Å². The molecular formula is C19H15N5O2S. The number of anilines is 1. The molecule has 2 aromatic heterocycles. The van der Waals surface area contributed by atoms with Gasteiger partial charge in [-0.2, -0.15) is 10.2 Å². The van der Waals surface area contributed by atoms with E-state index < -0.39 is 0 Å². The van der Waals surface area contributed by atoms with Crippen LogP contribution in [0.25, 0.3) is 11.5 Å². The lowest BCUT2D eigenvalue weighted by Gasteiger charge is -2.05. The van der Waals surface area contributed by atoms with E-state index >= 15 is 0 Å². The molecule has 134 valence electrons. The van der Waals surface area contributed by atoms with Crippen molar-refractivity contribution < 1.29 is 9.32 Å². The van der Waals surface area contributed by atoms with Gasteiger partial charge in [0.1, 0.15) is 0 Å². The number of nitrogens with zero attached hydrogens (tertiary/aromatic N) is 4. The molecule has 0 bridgehead atoms. The highest BCUT2D eigenvalue weighted by Crippen LogP contribution is 2.38. The van der Waals surface area contributed by atoms with Gasteiger partial charge in [-0.05, 0) is 43.2 Å². The van der Waals surface area contributed by atoms with Gasteiger partial charge in [0.25, 0.3) is 5.89 Å². The largest absolute Gasteiger partial charge is 0.334 e. The monoisotopic (exact) mass is 377 g/mol. The van der Waals surface area contributed by atoms with Crippen LogP contribution in [0, 0.1) is 11.3 Å². The summed E-state index contributed by atoms with van der Waals surface area (Å²) < 4.78 is 5.28. The van der Waals surface area contributed by atoms with Crippen LogP contribution in [0.1, 0.15) is 30.1 Å². The zero-order valence-electron chi connectivity index (χ0n) is 14.3. The summed E-state index contributed by atoms with van der Waals surface area (Å²) in [7, 11) is 0. The molecule has 0 radical (unpaired) electrons. The summed E-state index contributed by atoms with van der Waals surface area (Å²) in [6, 6.07) is 12.5. The molecule has 27 heavy (non-hydrogen) atoms. The minimum Gasteiger partial charge on any atom is -0.334 e. The van der Waals surface area contributed by atoms with Crippen molar-refractivity contribution in [3.8, 4) is 17.5 Å². The third-order valence-corrected chi connectivity index (χ3v) is 4.94. The van der Waals surface area contributed by atoms with Gasteiger partial charge in [0, 0.05) is 17.8 Å². The highest BCUT2D eigenvalue weighted by Gasteiger charge is 2.29. The van der Waals surface area contributed by atoms with Crippen LogP contribution in [0.5, 0.6) is 0 Å². The highest BCUT2D eigenvalue weighted by atomic mass is 32.2. The topological polar surface area (TPSA) is 105 Å². The Bertz CT molecular complexity index is 1010. The molecule has 1 N–H and O–H groups in total.